The van der Waals surface area contributed by atoms with Crippen molar-refractivity contribution < 1.29 is 58.5 Å². The normalized spacial score (nSPS) is 13.7. The Morgan fingerprint density at radius 1 is 0.700 bits per heavy atom. The van der Waals surface area contributed by atoms with Gasteiger partial charge in [0.2, 0.25) is 11.5 Å². The third-order valence-electron chi connectivity index (χ3n) is 7.45. The van der Waals surface area contributed by atoms with Crippen molar-refractivity contribution in [3.63, 3.8) is 0 Å². The van der Waals surface area contributed by atoms with Gasteiger partial charge in [0.1, 0.15) is 32.0 Å². The Kier molecular flexibility index (Phi) is 10.5. The molecule has 0 fully saturated rings. The Bertz CT molecular complexity index is 1750. The van der Waals surface area contributed by atoms with Gasteiger partial charge in [0.05, 0.1) is 24.2 Å². The summed E-state index contributed by atoms with van der Waals surface area (Å²) in [5.41, 5.74) is -1.43. The molecule has 262 valence electrons. The zero-order valence-corrected chi connectivity index (χ0v) is 27.7. The van der Waals surface area contributed by atoms with Crippen LogP contribution in [0.3, 0.4) is 0 Å². The number of phenolic OH excluding ortho intramolecular Hbond substituents is 4. The van der Waals surface area contributed by atoms with E-state index in [1.807, 2.05) is 0 Å². The van der Waals surface area contributed by atoms with E-state index < -0.39 is 80.4 Å². The molecule has 13 nitrogen and oxygen atoms in total. The van der Waals surface area contributed by atoms with Crippen molar-refractivity contribution in [3.05, 3.63) is 95.1 Å². The maximum atomic E-state index is 13.7. The Morgan fingerprint density at radius 2 is 1.10 bits per heavy atom. The lowest BCUT2D eigenvalue weighted by atomic mass is 9.91. The predicted octanol–water partition coefficient (Wildman–Crippen LogP) is 5.90. The second-order valence-electron chi connectivity index (χ2n) is 12.3. The van der Waals surface area contributed by atoms with Gasteiger partial charge in [0.15, 0.2) is 23.0 Å². The molecule has 0 saturated carbocycles. The number of rotatable bonds is 6. The second kappa shape index (κ2) is 15.0. The summed E-state index contributed by atoms with van der Waals surface area (Å²) in [5, 5.41) is 45.4. The number of carbonyl (C=O) groups is 3. The minimum Gasteiger partial charge on any atom is -0.504 e. The Balaban J connectivity index is 1.65. The molecule has 0 saturated heterocycles. The van der Waals surface area contributed by atoms with Crippen LogP contribution in [0.4, 0.5) is 4.79 Å². The van der Waals surface area contributed by atoms with E-state index in [1.54, 1.807) is 81.4 Å². The topological polar surface area (TPSA) is 182 Å². The van der Waals surface area contributed by atoms with Crippen LogP contribution in [0.25, 0.3) is 11.1 Å². The van der Waals surface area contributed by atoms with Gasteiger partial charge in [0, 0.05) is 11.1 Å². The first-order valence-electron chi connectivity index (χ1n) is 15.7. The lowest BCUT2D eigenvalue weighted by molar-refractivity contribution is 0.0100. The van der Waals surface area contributed by atoms with Crippen LogP contribution in [0, 0.1) is 0 Å². The molecule has 50 heavy (non-hydrogen) atoms. The number of cyclic esters (lactones) is 2. The number of nitrogens with zero attached hydrogens (tertiary/aromatic N) is 1. The molecule has 0 aliphatic carbocycles. The molecule has 0 bridgehead atoms. The van der Waals surface area contributed by atoms with Gasteiger partial charge in [-0.1, -0.05) is 60.7 Å². The molecule has 0 unspecified atom stereocenters. The van der Waals surface area contributed by atoms with Crippen LogP contribution in [-0.4, -0.2) is 75.3 Å². The lowest BCUT2D eigenvalue weighted by Crippen LogP contribution is -2.41. The molecule has 0 spiro atoms. The van der Waals surface area contributed by atoms with Crippen LogP contribution in [0.1, 0.15) is 52.6 Å². The number of benzene rings is 4. The first-order valence-corrected chi connectivity index (χ1v) is 15.7. The number of aromatic hydroxyl groups is 4. The molecule has 5 rings (SSSR count). The number of hydrogen-bond donors (Lipinski definition) is 4. The van der Waals surface area contributed by atoms with E-state index in [1.165, 1.54) is 4.90 Å². The summed E-state index contributed by atoms with van der Waals surface area (Å²) < 4.78 is 27.9. The van der Waals surface area contributed by atoms with Crippen LogP contribution in [0.5, 0.6) is 34.5 Å². The molecule has 0 radical (unpaired) electrons. The van der Waals surface area contributed by atoms with E-state index in [-0.39, 0.29) is 39.5 Å². The molecule has 0 atom stereocenters. The molecule has 1 heterocycles. The summed E-state index contributed by atoms with van der Waals surface area (Å²) in [6.45, 7) is 3.73. The van der Waals surface area contributed by atoms with Crippen molar-refractivity contribution in [2.45, 2.75) is 39.6 Å². The second-order valence-corrected chi connectivity index (χ2v) is 12.3. The van der Waals surface area contributed by atoms with Gasteiger partial charge < -0.3 is 49.0 Å². The fourth-order valence-corrected chi connectivity index (χ4v) is 5.12. The molecule has 0 aromatic heterocycles. The Morgan fingerprint density at radius 3 is 1.48 bits per heavy atom. The summed E-state index contributed by atoms with van der Waals surface area (Å²) in [7, 11) is 0. The molecular weight excluding hydrogens is 650 g/mol. The van der Waals surface area contributed by atoms with E-state index in [2.05, 4.69) is 0 Å². The Hall–Kier alpha value is -6.11. The fourth-order valence-electron chi connectivity index (χ4n) is 5.12. The average molecular weight is 688 g/mol. The van der Waals surface area contributed by atoms with Crippen molar-refractivity contribution in [2.24, 2.45) is 0 Å². The van der Waals surface area contributed by atoms with Crippen LogP contribution in [0.2, 0.25) is 0 Å². The minimum absolute atomic E-state index is 0.117. The van der Waals surface area contributed by atoms with E-state index >= 15 is 0 Å². The summed E-state index contributed by atoms with van der Waals surface area (Å²) in [5.74, 6) is -6.11. The van der Waals surface area contributed by atoms with E-state index in [0.717, 1.165) is 12.1 Å². The molecular formula is C37H37NO12. The number of amides is 1. The zero-order valence-electron chi connectivity index (χ0n) is 27.7. The quantitative estimate of drug-likeness (QED) is 0.139. The number of fused-ring (bicyclic) bond motifs is 3. The largest absolute Gasteiger partial charge is 0.504 e. The summed E-state index contributed by atoms with van der Waals surface area (Å²) in [6, 6.07) is 19.6. The van der Waals surface area contributed by atoms with Gasteiger partial charge >= 0.3 is 18.0 Å². The molecule has 13 heteroatoms. The monoisotopic (exact) mass is 687 g/mol. The van der Waals surface area contributed by atoms with Gasteiger partial charge in [-0.25, -0.2) is 14.4 Å². The molecule has 4 aromatic carbocycles. The first-order chi connectivity index (χ1) is 23.8. The summed E-state index contributed by atoms with van der Waals surface area (Å²) in [4.78, 5) is 41.4. The van der Waals surface area contributed by atoms with E-state index in [9.17, 15) is 34.8 Å². The smallest absolute Gasteiger partial charge is 0.410 e. The van der Waals surface area contributed by atoms with Gasteiger partial charge in [-0.05, 0) is 44.0 Å². The molecule has 1 aliphatic rings. The van der Waals surface area contributed by atoms with Crippen LogP contribution < -0.4 is 9.47 Å². The van der Waals surface area contributed by atoms with Crippen LogP contribution >= 0.6 is 0 Å². The van der Waals surface area contributed by atoms with Gasteiger partial charge in [-0.3, -0.25) is 0 Å². The van der Waals surface area contributed by atoms with Crippen molar-refractivity contribution in [1.29, 1.82) is 0 Å². The maximum Gasteiger partial charge on any atom is 0.410 e. The van der Waals surface area contributed by atoms with Gasteiger partial charge in [-0.15, -0.1) is 0 Å². The highest BCUT2D eigenvalue weighted by molar-refractivity contribution is 6.08. The highest BCUT2D eigenvalue weighted by Gasteiger charge is 2.34. The van der Waals surface area contributed by atoms with E-state index in [0.29, 0.717) is 11.1 Å². The number of phenols is 4. The molecule has 1 aliphatic heterocycles. The highest BCUT2D eigenvalue weighted by atomic mass is 16.6. The standard InChI is InChI=1S/C37H37NO12/c1-37(2,3)50-36(45)38-14-16-46-34(43)24-18-26(39)32(48-20-22-10-6-4-7-11-22)30(41)28(24)29-25(35(44)47-17-15-38)19-27(40)33(31(29)42)49-21-23-12-8-5-9-13-23/h4-13,18-19,39-42H,14-17,20-21H2,1-3H3. The lowest BCUT2D eigenvalue weighted by Gasteiger charge is -2.27. The molecule has 4 N–H and O–H groups in total. The third kappa shape index (κ3) is 8.12. The maximum absolute atomic E-state index is 13.7. The number of carbonyl (C=O) groups excluding carboxylic acids is 3. The summed E-state index contributed by atoms with van der Waals surface area (Å²) >= 11 is 0. The average Bonchev–Trinajstić information content (AvgIpc) is 3.08. The van der Waals surface area contributed by atoms with Crippen molar-refractivity contribution in [1.82, 2.24) is 4.90 Å². The van der Waals surface area contributed by atoms with Crippen LogP contribution in [0.15, 0.2) is 72.8 Å². The SMILES string of the molecule is CC(C)(C)OC(=O)N1CCOC(=O)c2cc(O)c(OCc3ccccc3)c(O)c2-c2c(cc(O)c(OCc3ccccc3)c2O)C(=O)OCC1. The minimum atomic E-state index is -1.10. The molecule has 4 aromatic rings. The highest BCUT2D eigenvalue weighted by Crippen LogP contribution is 2.53. The predicted molar refractivity (Wildman–Crippen MR) is 178 cm³/mol. The number of ether oxygens (including phenoxy) is 5. The summed E-state index contributed by atoms with van der Waals surface area (Å²) in [6.07, 6.45) is -0.758. The van der Waals surface area contributed by atoms with Gasteiger partial charge in [0.25, 0.3) is 0 Å². The number of hydrogen-bond acceptors (Lipinski definition) is 12. The van der Waals surface area contributed by atoms with Gasteiger partial charge in [-0.2, -0.15) is 0 Å². The third-order valence-corrected chi connectivity index (χ3v) is 7.45. The zero-order chi connectivity index (χ0) is 36.0. The van der Waals surface area contributed by atoms with Crippen molar-refractivity contribution in [2.75, 3.05) is 26.3 Å². The number of esters is 2. The van der Waals surface area contributed by atoms with Crippen molar-refractivity contribution >= 4 is 18.0 Å². The van der Waals surface area contributed by atoms with E-state index in [4.69, 9.17) is 23.7 Å². The first kappa shape index (κ1) is 35.2. The van der Waals surface area contributed by atoms with Crippen LogP contribution in [-0.2, 0) is 27.4 Å². The molecule has 1 amide bonds. The Labute approximate surface area is 287 Å². The fraction of sp³-hybridized carbons (Fsp3) is 0.270. The van der Waals surface area contributed by atoms with Crippen molar-refractivity contribution in [3.8, 4) is 45.6 Å².